The first-order chi connectivity index (χ1) is 13.9. The number of likely N-dealkylation sites (tertiary alicyclic amines) is 2. The Balaban J connectivity index is 1.32. The van der Waals surface area contributed by atoms with Gasteiger partial charge in [0.25, 0.3) is 0 Å². The van der Waals surface area contributed by atoms with Crippen LogP contribution in [0.2, 0.25) is 0 Å². The second-order valence-electron chi connectivity index (χ2n) is 9.29. The average Bonchev–Trinajstić information content (AvgIpc) is 3.24. The van der Waals surface area contributed by atoms with Gasteiger partial charge in [-0.1, -0.05) is 29.8 Å². The van der Waals surface area contributed by atoms with E-state index in [1.54, 1.807) is 0 Å². The van der Waals surface area contributed by atoms with Crippen LogP contribution in [0.5, 0.6) is 0 Å². The topological polar surface area (TPSA) is 52.2 Å². The highest BCUT2D eigenvalue weighted by molar-refractivity contribution is 5.76. The van der Waals surface area contributed by atoms with Gasteiger partial charge in [-0.05, 0) is 57.7 Å². The summed E-state index contributed by atoms with van der Waals surface area (Å²) in [4.78, 5) is 17.6. The summed E-state index contributed by atoms with van der Waals surface area (Å²) in [6.45, 7) is 11.4. The van der Waals surface area contributed by atoms with Crippen LogP contribution in [0.1, 0.15) is 53.8 Å². The third-order valence-corrected chi connectivity index (χ3v) is 6.95. The maximum atomic E-state index is 12.8. The van der Waals surface area contributed by atoms with Crippen molar-refractivity contribution in [1.29, 1.82) is 0 Å². The van der Waals surface area contributed by atoms with Crippen molar-refractivity contribution in [3.8, 4) is 0 Å². The summed E-state index contributed by atoms with van der Waals surface area (Å²) >= 11 is 0. The standard InChI is InChI=1S/C24H34N4O/c1-18-6-4-7-21(14-18)15-27-12-5-10-24(16-27)11-13-28(17-24)23(29)9-8-22-19(2)20(3)25-26-22/h4,6-7,14H,5,8-13,15-17H2,1-3H3,(H,25,26)/t24-/m1/s1. The first kappa shape index (κ1) is 20.1. The molecule has 3 heterocycles. The zero-order valence-corrected chi connectivity index (χ0v) is 18.1. The van der Waals surface area contributed by atoms with Crippen LogP contribution in [0.4, 0.5) is 0 Å². The largest absolute Gasteiger partial charge is 0.342 e. The van der Waals surface area contributed by atoms with Crippen LogP contribution in [0.3, 0.4) is 0 Å². The molecule has 2 aromatic rings. The highest BCUT2D eigenvalue weighted by atomic mass is 16.2. The van der Waals surface area contributed by atoms with Crippen molar-refractivity contribution in [1.82, 2.24) is 20.0 Å². The number of aryl methyl sites for hydroxylation is 3. The van der Waals surface area contributed by atoms with Gasteiger partial charge in [0.2, 0.25) is 5.91 Å². The van der Waals surface area contributed by atoms with E-state index < -0.39 is 0 Å². The van der Waals surface area contributed by atoms with Gasteiger partial charge in [-0.15, -0.1) is 0 Å². The zero-order chi connectivity index (χ0) is 20.4. The van der Waals surface area contributed by atoms with Crippen molar-refractivity contribution in [3.05, 3.63) is 52.3 Å². The molecule has 5 nitrogen and oxygen atoms in total. The van der Waals surface area contributed by atoms with Gasteiger partial charge in [0.1, 0.15) is 0 Å². The predicted octanol–water partition coefficient (Wildman–Crippen LogP) is 3.78. The maximum Gasteiger partial charge on any atom is 0.222 e. The zero-order valence-electron chi connectivity index (χ0n) is 18.1. The molecule has 1 aromatic carbocycles. The number of aromatic amines is 1. The van der Waals surface area contributed by atoms with Crippen molar-refractivity contribution < 1.29 is 4.79 Å². The Kier molecular flexibility index (Phi) is 5.77. The Bertz CT molecular complexity index is 874. The molecule has 0 aliphatic carbocycles. The van der Waals surface area contributed by atoms with Gasteiger partial charge in [-0.25, -0.2) is 0 Å². The first-order valence-electron chi connectivity index (χ1n) is 11.0. The van der Waals surface area contributed by atoms with Crippen LogP contribution in [0.25, 0.3) is 0 Å². The molecule has 2 saturated heterocycles. The molecule has 29 heavy (non-hydrogen) atoms. The lowest BCUT2D eigenvalue weighted by Gasteiger charge is -2.40. The minimum Gasteiger partial charge on any atom is -0.342 e. The molecule has 0 bridgehead atoms. The van der Waals surface area contributed by atoms with Crippen LogP contribution < -0.4 is 0 Å². The minimum atomic E-state index is 0.288. The van der Waals surface area contributed by atoms with Gasteiger partial charge in [0, 0.05) is 50.1 Å². The van der Waals surface area contributed by atoms with E-state index in [4.69, 9.17) is 0 Å². The number of aromatic nitrogens is 2. The second kappa shape index (κ2) is 8.31. The van der Waals surface area contributed by atoms with Gasteiger partial charge >= 0.3 is 0 Å². The van der Waals surface area contributed by atoms with E-state index in [1.165, 1.54) is 36.1 Å². The van der Waals surface area contributed by atoms with E-state index in [-0.39, 0.29) is 11.3 Å². The summed E-state index contributed by atoms with van der Waals surface area (Å²) in [6, 6.07) is 8.85. The fraction of sp³-hybridized carbons (Fsp3) is 0.583. The van der Waals surface area contributed by atoms with Crippen LogP contribution in [-0.4, -0.2) is 52.1 Å². The van der Waals surface area contributed by atoms with Crippen LogP contribution in [0.15, 0.2) is 24.3 Å². The monoisotopic (exact) mass is 394 g/mol. The van der Waals surface area contributed by atoms with Gasteiger partial charge in [-0.2, -0.15) is 5.10 Å². The predicted molar refractivity (Wildman–Crippen MR) is 116 cm³/mol. The molecule has 1 N–H and O–H groups in total. The maximum absolute atomic E-state index is 12.8. The van der Waals surface area contributed by atoms with E-state index >= 15 is 0 Å². The molecule has 1 aromatic heterocycles. The molecule has 1 atom stereocenters. The minimum absolute atomic E-state index is 0.288. The number of piperidine rings is 1. The summed E-state index contributed by atoms with van der Waals surface area (Å²) in [6.07, 6.45) is 4.92. The number of nitrogens with one attached hydrogen (secondary N) is 1. The number of nitrogens with zero attached hydrogens (tertiary/aromatic N) is 3. The lowest BCUT2D eigenvalue weighted by atomic mass is 9.79. The Hall–Kier alpha value is -2.14. The van der Waals surface area contributed by atoms with E-state index in [2.05, 4.69) is 58.1 Å². The van der Waals surface area contributed by atoms with E-state index in [0.29, 0.717) is 6.42 Å². The lowest BCUT2D eigenvalue weighted by Crippen LogP contribution is -2.45. The lowest BCUT2D eigenvalue weighted by molar-refractivity contribution is -0.130. The van der Waals surface area contributed by atoms with Crippen molar-refractivity contribution in [2.45, 2.75) is 59.4 Å². The highest BCUT2D eigenvalue weighted by Crippen LogP contribution is 2.39. The Labute approximate surface area is 174 Å². The number of hydrogen-bond acceptors (Lipinski definition) is 3. The summed E-state index contributed by atoms with van der Waals surface area (Å²) in [5.41, 5.74) is 6.34. The number of amides is 1. The molecular weight excluding hydrogens is 360 g/mol. The van der Waals surface area contributed by atoms with Gasteiger partial charge in [0.05, 0.1) is 5.69 Å². The molecule has 2 aliphatic heterocycles. The number of carbonyl (C=O) groups is 1. The van der Waals surface area contributed by atoms with Crippen LogP contribution >= 0.6 is 0 Å². The number of carbonyl (C=O) groups excluding carboxylic acids is 1. The fourth-order valence-corrected chi connectivity index (χ4v) is 5.16. The van der Waals surface area contributed by atoms with Gasteiger partial charge in [0.15, 0.2) is 0 Å². The molecule has 0 saturated carbocycles. The third-order valence-electron chi connectivity index (χ3n) is 6.95. The van der Waals surface area contributed by atoms with Crippen LogP contribution in [-0.2, 0) is 17.8 Å². The van der Waals surface area contributed by atoms with E-state index in [1.807, 2.05) is 6.92 Å². The molecule has 1 amide bonds. The molecule has 0 radical (unpaired) electrons. The summed E-state index contributed by atoms with van der Waals surface area (Å²) in [5.74, 6) is 0.290. The average molecular weight is 395 g/mol. The highest BCUT2D eigenvalue weighted by Gasteiger charge is 2.42. The van der Waals surface area contributed by atoms with Crippen molar-refractivity contribution >= 4 is 5.91 Å². The normalized spacial score (nSPS) is 22.5. The molecule has 1 spiro atoms. The van der Waals surface area contributed by atoms with E-state index in [9.17, 15) is 4.79 Å². The Morgan fingerprint density at radius 3 is 2.79 bits per heavy atom. The first-order valence-corrected chi connectivity index (χ1v) is 11.0. The van der Waals surface area contributed by atoms with Gasteiger partial charge < -0.3 is 4.90 Å². The smallest absolute Gasteiger partial charge is 0.222 e. The Morgan fingerprint density at radius 2 is 2.03 bits per heavy atom. The fourth-order valence-electron chi connectivity index (χ4n) is 5.16. The molecule has 5 heteroatoms. The molecular formula is C24H34N4O. The molecule has 2 fully saturated rings. The third kappa shape index (κ3) is 4.55. The number of hydrogen-bond donors (Lipinski definition) is 1. The van der Waals surface area contributed by atoms with Gasteiger partial charge in [-0.3, -0.25) is 14.8 Å². The summed E-state index contributed by atoms with van der Waals surface area (Å²) in [5, 5.41) is 7.38. The molecule has 0 unspecified atom stereocenters. The number of benzene rings is 1. The van der Waals surface area contributed by atoms with Crippen molar-refractivity contribution in [3.63, 3.8) is 0 Å². The number of H-pyrrole nitrogens is 1. The second-order valence-corrected chi connectivity index (χ2v) is 9.29. The summed E-state index contributed by atoms with van der Waals surface area (Å²) < 4.78 is 0. The van der Waals surface area contributed by atoms with Crippen molar-refractivity contribution in [2.75, 3.05) is 26.2 Å². The van der Waals surface area contributed by atoms with E-state index in [0.717, 1.165) is 50.4 Å². The quantitative estimate of drug-likeness (QED) is 0.840. The van der Waals surface area contributed by atoms with Crippen LogP contribution in [0, 0.1) is 26.2 Å². The Morgan fingerprint density at radius 1 is 1.17 bits per heavy atom. The van der Waals surface area contributed by atoms with Crippen molar-refractivity contribution in [2.24, 2.45) is 5.41 Å². The summed E-state index contributed by atoms with van der Waals surface area (Å²) in [7, 11) is 0. The molecule has 156 valence electrons. The molecule has 4 rings (SSSR count). The SMILES string of the molecule is Cc1cccc(CN2CCC[C@@]3(CCN(C(=O)CCc4n[nH]c(C)c4C)C3)C2)c1. The number of rotatable bonds is 5. The molecule has 2 aliphatic rings.